The fraction of sp³-hybridized carbons (Fsp3) is 0.292. The molecule has 0 spiro atoms. The number of ether oxygens (including phenoxy) is 1. The molecule has 5 rings (SSSR count). The maximum absolute atomic E-state index is 14.7. The van der Waals surface area contributed by atoms with Crippen LogP contribution in [-0.2, 0) is 18.3 Å². The second-order valence-corrected chi connectivity index (χ2v) is 8.12. The van der Waals surface area contributed by atoms with Crippen molar-refractivity contribution in [3.63, 3.8) is 0 Å². The molecule has 0 bridgehead atoms. The zero-order chi connectivity index (χ0) is 22.1. The van der Waals surface area contributed by atoms with Gasteiger partial charge in [-0.3, -0.25) is 14.5 Å². The maximum Gasteiger partial charge on any atom is 0.253 e. The van der Waals surface area contributed by atoms with Crippen LogP contribution in [0.25, 0.3) is 22.2 Å². The largest absolute Gasteiger partial charge is 0.381 e. The number of nitrogens with zero attached hydrogens (tertiary/aromatic N) is 4. The van der Waals surface area contributed by atoms with E-state index in [9.17, 15) is 9.18 Å². The highest BCUT2D eigenvalue weighted by Crippen LogP contribution is 2.26. The second-order valence-electron chi connectivity index (χ2n) is 8.12. The summed E-state index contributed by atoms with van der Waals surface area (Å²) in [5.41, 5.74) is 3.76. The predicted molar refractivity (Wildman–Crippen MR) is 119 cm³/mol. The summed E-state index contributed by atoms with van der Waals surface area (Å²) in [5.74, 6) is -0.653. The van der Waals surface area contributed by atoms with E-state index in [1.165, 1.54) is 6.07 Å². The van der Waals surface area contributed by atoms with Crippen LogP contribution in [0.4, 0.5) is 4.39 Å². The molecule has 0 unspecified atom stereocenters. The van der Waals surface area contributed by atoms with E-state index in [0.29, 0.717) is 36.2 Å². The number of hydrogen-bond acceptors (Lipinski definition) is 4. The Hall–Kier alpha value is -3.52. The Balaban J connectivity index is 1.43. The molecule has 0 atom stereocenters. The van der Waals surface area contributed by atoms with Crippen LogP contribution in [0.1, 0.15) is 28.8 Å². The molecule has 1 amide bonds. The van der Waals surface area contributed by atoms with E-state index in [4.69, 9.17) is 4.74 Å². The minimum Gasteiger partial charge on any atom is -0.381 e. The van der Waals surface area contributed by atoms with E-state index in [0.717, 1.165) is 29.7 Å². The summed E-state index contributed by atoms with van der Waals surface area (Å²) in [5, 5.41) is 7.56. The fourth-order valence-electron chi connectivity index (χ4n) is 4.16. The highest BCUT2D eigenvalue weighted by atomic mass is 19.1. The molecule has 4 aromatic rings. The summed E-state index contributed by atoms with van der Waals surface area (Å²) in [6, 6.07) is 8.87. The molecule has 1 aliphatic heterocycles. The Kier molecular flexibility index (Phi) is 5.45. The van der Waals surface area contributed by atoms with Crippen molar-refractivity contribution in [2.24, 2.45) is 7.05 Å². The van der Waals surface area contributed by atoms with Gasteiger partial charge >= 0.3 is 0 Å². The summed E-state index contributed by atoms with van der Waals surface area (Å²) < 4.78 is 23.7. The lowest BCUT2D eigenvalue weighted by molar-refractivity contribution is 0.0697. The number of carbonyl (C=O) groups excluding carboxylic acids is 1. The Morgan fingerprint density at radius 3 is 2.75 bits per heavy atom. The van der Waals surface area contributed by atoms with E-state index in [-0.39, 0.29) is 11.9 Å². The molecule has 164 valence electrons. The third-order valence-corrected chi connectivity index (χ3v) is 5.83. The Labute approximate surface area is 184 Å². The quantitative estimate of drug-likeness (QED) is 0.523. The molecule has 1 N–H and O–H groups in total. The Morgan fingerprint density at radius 2 is 2.03 bits per heavy atom. The first-order valence-electron chi connectivity index (χ1n) is 10.7. The molecule has 7 nitrogen and oxygen atoms in total. The van der Waals surface area contributed by atoms with Crippen molar-refractivity contribution in [2.45, 2.75) is 25.4 Å². The van der Waals surface area contributed by atoms with E-state index < -0.39 is 5.82 Å². The summed E-state index contributed by atoms with van der Waals surface area (Å²) in [4.78, 5) is 17.5. The zero-order valence-electron chi connectivity index (χ0n) is 17.8. The van der Waals surface area contributed by atoms with Gasteiger partial charge in [0.1, 0.15) is 5.82 Å². The lowest BCUT2D eigenvalue weighted by Crippen LogP contribution is -2.38. The van der Waals surface area contributed by atoms with Crippen LogP contribution < -0.4 is 5.32 Å². The smallest absolute Gasteiger partial charge is 0.253 e. The molecule has 1 saturated heterocycles. The van der Waals surface area contributed by atoms with Gasteiger partial charge < -0.3 is 14.6 Å². The summed E-state index contributed by atoms with van der Waals surface area (Å²) in [7, 11) is 1.87. The van der Waals surface area contributed by atoms with Gasteiger partial charge in [-0.15, -0.1) is 0 Å². The Bertz CT molecular complexity index is 1260. The molecular formula is C24H24FN5O2. The van der Waals surface area contributed by atoms with Gasteiger partial charge in [-0.05, 0) is 36.6 Å². The number of benzene rings is 1. The normalized spacial score (nSPS) is 14.7. The topological polar surface area (TPSA) is 74.0 Å². The average molecular weight is 433 g/mol. The van der Waals surface area contributed by atoms with Gasteiger partial charge in [0.15, 0.2) is 0 Å². The first-order valence-corrected chi connectivity index (χ1v) is 10.7. The number of aryl methyl sites for hydroxylation is 1. The lowest BCUT2D eigenvalue weighted by atomic mass is 10.1. The molecule has 0 aliphatic carbocycles. The fourth-order valence-corrected chi connectivity index (χ4v) is 4.16. The first-order chi connectivity index (χ1) is 15.6. The maximum atomic E-state index is 14.7. The van der Waals surface area contributed by atoms with Gasteiger partial charge in [-0.1, -0.05) is 12.1 Å². The number of pyridine rings is 1. The standard InChI is InChI=1S/C24H24FN5O2/c1-29-14-17(12-27-29)21-6-5-16(11-26-21)13-30-15-19(23-20(25)3-2-4-22(23)30)24(31)28-18-7-9-32-10-8-18/h2-6,11-12,14-15,18H,7-10,13H2,1H3,(H,28,31). The van der Waals surface area contributed by atoms with Crippen molar-refractivity contribution in [1.82, 2.24) is 24.6 Å². The van der Waals surface area contributed by atoms with Gasteiger partial charge in [0.05, 0.1) is 23.0 Å². The van der Waals surface area contributed by atoms with Crippen molar-refractivity contribution >= 4 is 16.8 Å². The zero-order valence-corrected chi connectivity index (χ0v) is 17.8. The van der Waals surface area contributed by atoms with Crippen molar-refractivity contribution < 1.29 is 13.9 Å². The average Bonchev–Trinajstić information content (AvgIpc) is 3.40. The molecule has 0 saturated carbocycles. The number of carbonyl (C=O) groups is 1. The number of amides is 1. The van der Waals surface area contributed by atoms with Crippen molar-refractivity contribution in [1.29, 1.82) is 0 Å². The van der Waals surface area contributed by atoms with Crippen LogP contribution >= 0.6 is 0 Å². The van der Waals surface area contributed by atoms with E-state index in [1.807, 2.05) is 36.0 Å². The van der Waals surface area contributed by atoms with Crippen molar-refractivity contribution in [3.05, 3.63) is 72.1 Å². The third kappa shape index (κ3) is 4.01. The van der Waals surface area contributed by atoms with Gasteiger partial charge in [0.2, 0.25) is 0 Å². The van der Waals surface area contributed by atoms with Crippen molar-refractivity contribution in [3.8, 4) is 11.3 Å². The van der Waals surface area contributed by atoms with Crippen LogP contribution in [0.5, 0.6) is 0 Å². The lowest BCUT2D eigenvalue weighted by Gasteiger charge is -2.22. The molecule has 3 aromatic heterocycles. The second kappa shape index (κ2) is 8.55. The van der Waals surface area contributed by atoms with Crippen LogP contribution in [0.2, 0.25) is 0 Å². The van der Waals surface area contributed by atoms with E-state index in [2.05, 4.69) is 15.4 Å². The SMILES string of the molecule is Cn1cc(-c2ccc(Cn3cc(C(=O)NC4CCOCC4)c4c(F)cccc43)cn2)cn1. The third-order valence-electron chi connectivity index (χ3n) is 5.83. The number of nitrogens with one attached hydrogen (secondary N) is 1. The number of rotatable bonds is 5. The van der Waals surface area contributed by atoms with E-state index in [1.54, 1.807) is 29.3 Å². The highest BCUT2D eigenvalue weighted by Gasteiger charge is 2.22. The minimum atomic E-state index is -0.400. The monoisotopic (exact) mass is 433 g/mol. The molecule has 4 heterocycles. The predicted octanol–water partition coefficient (Wildman–Crippen LogP) is 3.53. The van der Waals surface area contributed by atoms with Gasteiger partial charge in [0.25, 0.3) is 5.91 Å². The van der Waals surface area contributed by atoms with Crippen LogP contribution in [-0.4, -0.2) is 44.5 Å². The molecule has 1 aliphatic rings. The molecule has 1 fully saturated rings. The molecule has 0 radical (unpaired) electrons. The van der Waals surface area contributed by atoms with Gasteiger partial charge in [-0.2, -0.15) is 5.10 Å². The first kappa shape index (κ1) is 20.4. The number of halogens is 1. The highest BCUT2D eigenvalue weighted by molar-refractivity contribution is 6.07. The van der Waals surface area contributed by atoms with Crippen LogP contribution in [0, 0.1) is 5.82 Å². The van der Waals surface area contributed by atoms with Gasteiger partial charge in [-0.25, -0.2) is 4.39 Å². The Morgan fingerprint density at radius 1 is 1.19 bits per heavy atom. The molecule has 1 aromatic carbocycles. The number of hydrogen-bond donors (Lipinski definition) is 1. The van der Waals surface area contributed by atoms with Crippen LogP contribution in [0.3, 0.4) is 0 Å². The van der Waals surface area contributed by atoms with Gasteiger partial charge in [0, 0.05) is 62.4 Å². The summed E-state index contributed by atoms with van der Waals surface area (Å²) >= 11 is 0. The number of aromatic nitrogens is 4. The van der Waals surface area contributed by atoms with E-state index >= 15 is 0 Å². The number of fused-ring (bicyclic) bond motifs is 1. The molecule has 8 heteroatoms. The molecule has 32 heavy (non-hydrogen) atoms. The summed E-state index contributed by atoms with van der Waals surface area (Å²) in [6.45, 7) is 1.73. The summed E-state index contributed by atoms with van der Waals surface area (Å²) in [6.07, 6.45) is 8.75. The van der Waals surface area contributed by atoms with Crippen LogP contribution in [0.15, 0.2) is 55.1 Å². The molecular weight excluding hydrogens is 409 g/mol. The minimum absolute atomic E-state index is 0.0469. The van der Waals surface area contributed by atoms with Crippen molar-refractivity contribution in [2.75, 3.05) is 13.2 Å².